The largest absolute Gasteiger partial charge is 0.205 e. The highest BCUT2D eigenvalue weighted by molar-refractivity contribution is 8.01. The zero-order valence-electron chi connectivity index (χ0n) is 6.26. The minimum atomic E-state index is -0.324. The average molecular weight is 202 g/mol. The quantitative estimate of drug-likeness (QED) is 0.671. The van der Waals surface area contributed by atoms with Crippen LogP contribution in [-0.4, -0.2) is 5.75 Å². The van der Waals surface area contributed by atoms with Crippen molar-refractivity contribution in [3.63, 3.8) is 0 Å². The van der Waals surface area contributed by atoms with Gasteiger partial charge >= 0.3 is 0 Å². The Morgan fingerprint density at radius 1 is 1.50 bits per heavy atom. The summed E-state index contributed by atoms with van der Waals surface area (Å²) in [6.07, 6.45) is 2.16. The molecular weight excluding hydrogens is 195 g/mol. The van der Waals surface area contributed by atoms with Gasteiger partial charge in [-0.05, 0) is 29.9 Å². The van der Waals surface area contributed by atoms with Crippen molar-refractivity contribution in [3.05, 3.63) is 41.0 Å². The first-order valence-electron chi connectivity index (χ1n) is 3.67. The molecule has 0 N–H and O–H groups in total. The van der Waals surface area contributed by atoms with Crippen LogP contribution in [0.4, 0.5) is 4.39 Å². The topological polar surface area (TPSA) is 0 Å². The Balaban J connectivity index is 2.27. The van der Waals surface area contributed by atoms with Crippen molar-refractivity contribution in [2.45, 2.75) is 5.25 Å². The van der Waals surface area contributed by atoms with Gasteiger partial charge in [-0.25, -0.2) is 4.39 Å². The average Bonchev–Trinajstić information content (AvgIpc) is 1.93. The predicted octanol–water partition coefficient (Wildman–Crippen LogP) is 3.47. The second kappa shape index (κ2) is 3.27. The first kappa shape index (κ1) is 8.39. The van der Waals surface area contributed by atoms with Gasteiger partial charge in [0, 0.05) is 5.25 Å². The summed E-state index contributed by atoms with van der Waals surface area (Å²) in [6, 6.07) is 4.99. The molecule has 1 heterocycles. The van der Waals surface area contributed by atoms with Gasteiger partial charge in [-0.3, -0.25) is 0 Å². The number of rotatable bonds is 1. The maximum atomic E-state index is 12.9. The lowest BCUT2D eigenvalue weighted by atomic mass is 10.1. The Morgan fingerprint density at radius 2 is 2.25 bits per heavy atom. The van der Waals surface area contributed by atoms with Crippen LogP contribution in [0.2, 0.25) is 5.02 Å². The van der Waals surface area contributed by atoms with E-state index in [1.165, 1.54) is 6.07 Å². The number of hydrogen-bond acceptors (Lipinski definition) is 1. The first-order valence-corrected chi connectivity index (χ1v) is 5.10. The zero-order chi connectivity index (χ0) is 8.55. The van der Waals surface area contributed by atoms with Gasteiger partial charge in [0.2, 0.25) is 0 Å². The van der Waals surface area contributed by atoms with Crippen LogP contribution >= 0.6 is 23.4 Å². The van der Waals surface area contributed by atoms with Gasteiger partial charge in [0.15, 0.2) is 0 Å². The first-order chi connectivity index (χ1) is 5.77. The smallest absolute Gasteiger partial charge is 0.142 e. The van der Waals surface area contributed by atoms with E-state index in [1.54, 1.807) is 6.07 Å². The highest BCUT2D eigenvalue weighted by Crippen LogP contribution is 2.41. The third-order valence-electron chi connectivity index (χ3n) is 1.86. The fraction of sp³-hybridized carbons (Fsp3) is 0.222. The predicted molar refractivity (Wildman–Crippen MR) is 50.9 cm³/mol. The van der Waals surface area contributed by atoms with E-state index in [2.05, 4.69) is 6.42 Å². The molecule has 1 aliphatic rings. The summed E-state index contributed by atoms with van der Waals surface area (Å²) in [5.41, 5.74) is 1.01. The summed E-state index contributed by atoms with van der Waals surface area (Å²) >= 11 is 7.36. The normalized spacial score (nSPS) is 22.0. The second-order valence-corrected chi connectivity index (χ2v) is 4.24. The minimum absolute atomic E-state index is 0.197. The van der Waals surface area contributed by atoms with Crippen LogP contribution in [0.15, 0.2) is 18.2 Å². The molecule has 63 valence electrons. The lowest BCUT2D eigenvalue weighted by Gasteiger charge is -2.24. The van der Waals surface area contributed by atoms with E-state index in [-0.39, 0.29) is 10.8 Å². The van der Waals surface area contributed by atoms with E-state index in [9.17, 15) is 4.39 Å². The molecule has 0 amide bonds. The molecular formula is C9H7ClFS. The van der Waals surface area contributed by atoms with Gasteiger partial charge < -0.3 is 0 Å². The van der Waals surface area contributed by atoms with Crippen LogP contribution in [0, 0.1) is 12.2 Å². The number of hydrogen-bond donors (Lipinski definition) is 0. The van der Waals surface area contributed by atoms with Crippen molar-refractivity contribution in [2.75, 3.05) is 5.75 Å². The highest BCUT2D eigenvalue weighted by Gasteiger charge is 2.21. The van der Waals surface area contributed by atoms with Gasteiger partial charge in [0.25, 0.3) is 0 Å². The molecule has 0 aliphatic carbocycles. The Hall–Kier alpha value is -0.210. The molecule has 2 rings (SSSR count). The van der Waals surface area contributed by atoms with Crippen molar-refractivity contribution in [3.8, 4) is 0 Å². The molecule has 1 atom stereocenters. The minimum Gasteiger partial charge on any atom is -0.205 e. The standard InChI is InChI=1S/C9H7ClFS/c10-7-2-1-6(5-8(7)11)9-3-4-12-9/h1-3,5,9H,4H2. The third kappa shape index (κ3) is 1.46. The Labute approximate surface area is 80.1 Å². The SMILES string of the molecule is Fc1cc(C2[CH]CS2)ccc1Cl. The van der Waals surface area contributed by atoms with Crippen LogP contribution in [0.25, 0.3) is 0 Å². The second-order valence-electron chi connectivity index (χ2n) is 2.66. The van der Waals surface area contributed by atoms with Crippen molar-refractivity contribution < 1.29 is 4.39 Å². The van der Waals surface area contributed by atoms with Gasteiger partial charge in [0.05, 0.1) is 5.02 Å². The van der Waals surface area contributed by atoms with Crippen molar-refractivity contribution >= 4 is 23.4 Å². The van der Waals surface area contributed by atoms with Crippen LogP contribution < -0.4 is 0 Å². The van der Waals surface area contributed by atoms with Crippen molar-refractivity contribution in [1.29, 1.82) is 0 Å². The number of thioether (sulfide) groups is 1. The molecule has 0 saturated carbocycles. The van der Waals surface area contributed by atoms with Gasteiger partial charge in [0.1, 0.15) is 5.82 Å². The summed E-state index contributed by atoms with van der Waals surface area (Å²) in [5, 5.41) is 0.569. The fourth-order valence-corrected chi connectivity index (χ4v) is 1.96. The zero-order valence-corrected chi connectivity index (χ0v) is 7.83. The lowest BCUT2D eigenvalue weighted by Crippen LogP contribution is -2.07. The molecule has 3 heteroatoms. The molecule has 0 bridgehead atoms. The Morgan fingerprint density at radius 3 is 2.75 bits per heavy atom. The van der Waals surface area contributed by atoms with Gasteiger partial charge in [-0.15, -0.1) is 0 Å². The third-order valence-corrected chi connectivity index (χ3v) is 3.37. The molecule has 1 aromatic rings. The summed E-state index contributed by atoms with van der Waals surface area (Å²) in [6.45, 7) is 0. The van der Waals surface area contributed by atoms with E-state index in [4.69, 9.17) is 11.6 Å². The van der Waals surface area contributed by atoms with Crippen LogP contribution in [-0.2, 0) is 0 Å². The summed E-state index contributed by atoms with van der Waals surface area (Å²) in [4.78, 5) is 0. The molecule has 0 nitrogen and oxygen atoms in total. The Bertz CT molecular complexity index is 297. The summed E-state index contributed by atoms with van der Waals surface area (Å²) in [7, 11) is 0. The van der Waals surface area contributed by atoms with E-state index < -0.39 is 0 Å². The molecule has 1 radical (unpaired) electrons. The van der Waals surface area contributed by atoms with Crippen LogP contribution in [0.1, 0.15) is 10.8 Å². The van der Waals surface area contributed by atoms with Crippen molar-refractivity contribution in [2.24, 2.45) is 0 Å². The van der Waals surface area contributed by atoms with Crippen LogP contribution in [0.3, 0.4) is 0 Å². The molecule has 1 aromatic carbocycles. The van der Waals surface area contributed by atoms with E-state index in [0.29, 0.717) is 5.25 Å². The van der Waals surface area contributed by atoms with Gasteiger partial charge in [-0.1, -0.05) is 17.7 Å². The van der Waals surface area contributed by atoms with Gasteiger partial charge in [-0.2, -0.15) is 11.8 Å². The molecule has 12 heavy (non-hydrogen) atoms. The van der Waals surface area contributed by atoms with Crippen LogP contribution in [0.5, 0.6) is 0 Å². The molecule has 0 spiro atoms. The Kier molecular flexibility index (Phi) is 2.28. The monoisotopic (exact) mass is 201 g/mol. The van der Waals surface area contributed by atoms with E-state index >= 15 is 0 Å². The summed E-state index contributed by atoms with van der Waals surface area (Å²) < 4.78 is 12.9. The maximum absolute atomic E-state index is 12.9. The molecule has 1 saturated heterocycles. The molecule has 1 aliphatic heterocycles. The highest BCUT2D eigenvalue weighted by atomic mass is 35.5. The molecule has 1 fully saturated rings. The maximum Gasteiger partial charge on any atom is 0.142 e. The van der Waals surface area contributed by atoms with E-state index in [1.807, 2.05) is 17.8 Å². The molecule has 1 unspecified atom stereocenters. The lowest BCUT2D eigenvalue weighted by molar-refractivity contribution is 0.626. The van der Waals surface area contributed by atoms with E-state index in [0.717, 1.165) is 11.3 Å². The summed E-state index contributed by atoms with van der Waals surface area (Å²) in [5.74, 6) is 0.740. The van der Waals surface area contributed by atoms with Crippen molar-refractivity contribution in [1.82, 2.24) is 0 Å². The fourth-order valence-electron chi connectivity index (χ4n) is 1.11. The number of benzene rings is 1. The molecule has 0 aromatic heterocycles. The number of halogens is 2.